The summed E-state index contributed by atoms with van der Waals surface area (Å²) in [5, 5.41) is 3.28. The molecule has 5 fully saturated rings. The van der Waals surface area contributed by atoms with Crippen molar-refractivity contribution >= 4 is 0 Å². The molecule has 1 aromatic carbocycles. The second kappa shape index (κ2) is 32.9. The fourth-order valence-electron chi connectivity index (χ4n) is 5.42. The van der Waals surface area contributed by atoms with E-state index >= 15 is 0 Å². The Kier molecular flexibility index (Phi) is 32.1. The highest BCUT2D eigenvalue weighted by atomic mass is 16.5. The van der Waals surface area contributed by atoms with Crippen molar-refractivity contribution in [3.63, 3.8) is 0 Å². The van der Waals surface area contributed by atoms with Crippen LogP contribution in [0.2, 0.25) is 0 Å². The van der Waals surface area contributed by atoms with E-state index in [0.29, 0.717) is 12.6 Å². The van der Waals surface area contributed by atoms with Crippen LogP contribution in [0.25, 0.3) is 0 Å². The van der Waals surface area contributed by atoms with Gasteiger partial charge in [-0.05, 0) is 110 Å². The quantitative estimate of drug-likeness (QED) is 0.274. The number of nitrogens with two attached hydrogens (primary N) is 3. The van der Waals surface area contributed by atoms with Gasteiger partial charge in [0.15, 0.2) is 0 Å². The minimum absolute atomic E-state index is 0.536. The molecular formula is C36H73N5O. The van der Waals surface area contributed by atoms with Gasteiger partial charge in [-0.3, -0.25) is 0 Å². The predicted octanol–water partition coefficient (Wildman–Crippen LogP) is 7.24. The summed E-state index contributed by atoms with van der Waals surface area (Å²) in [6.45, 7) is 10.1. The Hall–Kier alpha value is -1.02. The predicted molar refractivity (Wildman–Crippen MR) is 186 cm³/mol. The van der Waals surface area contributed by atoms with Crippen molar-refractivity contribution in [2.45, 2.75) is 135 Å². The Morgan fingerprint density at radius 1 is 0.690 bits per heavy atom. The van der Waals surface area contributed by atoms with Gasteiger partial charge in [-0.25, -0.2) is 0 Å². The van der Waals surface area contributed by atoms with Gasteiger partial charge in [0.25, 0.3) is 0 Å². The first-order valence-corrected chi connectivity index (χ1v) is 17.7. The fourth-order valence-corrected chi connectivity index (χ4v) is 5.42. The molecule has 6 heteroatoms. The van der Waals surface area contributed by atoms with E-state index in [1.165, 1.54) is 154 Å². The number of benzene rings is 1. The first-order valence-electron chi connectivity index (χ1n) is 17.7. The highest BCUT2D eigenvalue weighted by Crippen LogP contribution is 2.23. The topological polar surface area (TPSA) is 103 Å². The lowest BCUT2D eigenvalue weighted by Gasteiger charge is -2.20. The van der Waals surface area contributed by atoms with Crippen LogP contribution in [0.4, 0.5) is 0 Å². The number of rotatable bonds is 1. The molecule has 0 radical (unpaired) electrons. The van der Waals surface area contributed by atoms with E-state index in [1.54, 1.807) is 0 Å². The third-order valence-corrected chi connectivity index (χ3v) is 8.24. The van der Waals surface area contributed by atoms with Gasteiger partial charge < -0.3 is 32.2 Å². The number of likely N-dealkylation sites (tertiary alicyclic amines) is 1. The lowest BCUT2D eigenvalue weighted by atomic mass is 9.97. The number of hydrogen-bond acceptors (Lipinski definition) is 6. The number of ether oxygens (including phenoxy) is 1. The molecule has 6 nitrogen and oxygen atoms in total. The van der Waals surface area contributed by atoms with E-state index in [-0.39, 0.29) is 0 Å². The van der Waals surface area contributed by atoms with Crippen molar-refractivity contribution < 1.29 is 4.74 Å². The second-order valence-corrected chi connectivity index (χ2v) is 12.3. The van der Waals surface area contributed by atoms with Gasteiger partial charge in [0.2, 0.25) is 0 Å². The Morgan fingerprint density at radius 3 is 1.40 bits per heavy atom. The summed E-state index contributed by atoms with van der Waals surface area (Å²) in [4.78, 5) is 2.39. The summed E-state index contributed by atoms with van der Waals surface area (Å²) in [5.41, 5.74) is 16.7. The van der Waals surface area contributed by atoms with E-state index in [9.17, 15) is 0 Å². The zero-order valence-corrected chi connectivity index (χ0v) is 28.3. The summed E-state index contributed by atoms with van der Waals surface area (Å²) in [7, 11) is 3.69. The number of piperidine rings is 2. The third kappa shape index (κ3) is 29.1. The Bertz CT molecular complexity index is 555. The van der Waals surface area contributed by atoms with Crippen LogP contribution in [0, 0.1) is 5.92 Å². The van der Waals surface area contributed by atoms with Gasteiger partial charge in [0, 0.05) is 25.8 Å². The zero-order chi connectivity index (χ0) is 30.9. The zero-order valence-electron chi connectivity index (χ0n) is 28.3. The molecule has 0 unspecified atom stereocenters. The molecule has 2 aliphatic carbocycles. The molecule has 0 atom stereocenters. The van der Waals surface area contributed by atoms with Crippen LogP contribution < -0.4 is 22.5 Å². The first kappa shape index (κ1) is 41.0. The number of hydrogen-bond donors (Lipinski definition) is 4. The lowest BCUT2D eigenvalue weighted by Crippen LogP contribution is -2.24. The lowest BCUT2D eigenvalue weighted by molar-refractivity contribution is 0.0968. The molecule has 2 saturated carbocycles. The molecule has 0 bridgehead atoms. The number of nitrogens with zero attached hydrogens (tertiary/aromatic N) is 1. The van der Waals surface area contributed by atoms with Gasteiger partial charge in [0.05, 0.1) is 0 Å². The van der Waals surface area contributed by atoms with Crippen LogP contribution in [0.3, 0.4) is 0 Å². The van der Waals surface area contributed by atoms with Gasteiger partial charge in [-0.15, -0.1) is 0 Å². The summed E-state index contributed by atoms with van der Waals surface area (Å²) in [6, 6.07) is 10.5. The molecule has 42 heavy (non-hydrogen) atoms. The Balaban J connectivity index is 0.000000476. The largest absolute Gasteiger partial charge is 0.381 e. The highest BCUT2D eigenvalue weighted by Gasteiger charge is 2.07. The third-order valence-electron chi connectivity index (χ3n) is 8.24. The second-order valence-electron chi connectivity index (χ2n) is 12.3. The Labute approximate surface area is 262 Å². The van der Waals surface area contributed by atoms with E-state index in [0.717, 1.165) is 19.1 Å². The summed E-state index contributed by atoms with van der Waals surface area (Å²) >= 11 is 0. The van der Waals surface area contributed by atoms with Gasteiger partial charge in [-0.1, -0.05) is 95.0 Å². The molecule has 6 rings (SSSR count). The minimum atomic E-state index is 0.536. The first-order chi connectivity index (χ1) is 20.6. The van der Waals surface area contributed by atoms with Crippen molar-refractivity contribution in [3.8, 4) is 0 Å². The van der Waals surface area contributed by atoms with Crippen molar-refractivity contribution in [2.75, 3.05) is 53.5 Å². The summed E-state index contributed by atoms with van der Waals surface area (Å²) < 4.78 is 5.07. The van der Waals surface area contributed by atoms with Crippen molar-refractivity contribution in [3.05, 3.63) is 35.9 Å². The van der Waals surface area contributed by atoms with Gasteiger partial charge in [-0.2, -0.15) is 0 Å². The van der Waals surface area contributed by atoms with E-state index in [4.69, 9.17) is 16.2 Å². The molecule has 5 aliphatic rings. The average molecular weight is 592 g/mol. The minimum Gasteiger partial charge on any atom is -0.381 e. The van der Waals surface area contributed by atoms with E-state index in [1.807, 2.05) is 30.3 Å². The van der Waals surface area contributed by atoms with Crippen LogP contribution in [-0.2, 0) is 11.3 Å². The van der Waals surface area contributed by atoms with Gasteiger partial charge in [0.1, 0.15) is 0 Å². The molecule has 0 spiro atoms. The highest BCUT2D eigenvalue weighted by molar-refractivity contribution is 5.13. The van der Waals surface area contributed by atoms with Crippen molar-refractivity contribution in [1.29, 1.82) is 0 Å². The molecular weight excluding hydrogens is 518 g/mol. The van der Waals surface area contributed by atoms with E-state index in [2.05, 4.69) is 29.9 Å². The van der Waals surface area contributed by atoms with Crippen LogP contribution in [-0.4, -0.2) is 64.4 Å². The summed E-state index contributed by atoms with van der Waals surface area (Å²) in [6.07, 6.45) is 25.0. The van der Waals surface area contributed by atoms with Crippen molar-refractivity contribution in [2.24, 2.45) is 23.1 Å². The van der Waals surface area contributed by atoms with Crippen LogP contribution in [0.5, 0.6) is 0 Å². The Morgan fingerprint density at radius 2 is 1.17 bits per heavy atom. The molecule has 0 aromatic heterocycles. The standard InChI is InChI=1S/C7H9N.2C6H13N.C6H12.C5H11N.C5H10O.CH5N/c8-6-7-4-2-1-3-5-7;1-7-5-3-2-4-6-7;7-6-4-2-1-3-5-6;1-6-4-2-3-5-6;2*1-2-4-6-5-3-1;1-2/h1-5H,6,8H2;2-6H2,1H3;6H,1-5,7H2;6H,2-5H2,1H3;6H,1-5H2;1-5H2;2H2,1H3. The SMILES string of the molecule is C1CCNCC1.C1CCOCC1.CC1CCCC1.CN.CN1CCCCC1.NC1CCCCC1.NCc1ccccc1. The molecule has 3 heterocycles. The maximum absolute atomic E-state index is 5.63. The maximum atomic E-state index is 5.63. The van der Waals surface area contributed by atoms with Crippen LogP contribution >= 0.6 is 0 Å². The van der Waals surface area contributed by atoms with Gasteiger partial charge >= 0.3 is 0 Å². The molecule has 3 saturated heterocycles. The van der Waals surface area contributed by atoms with E-state index < -0.39 is 0 Å². The molecule has 3 aliphatic heterocycles. The number of nitrogens with one attached hydrogen (secondary N) is 1. The van der Waals surface area contributed by atoms with Crippen molar-refractivity contribution in [1.82, 2.24) is 10.2 Å². The molecule has 248 valence electrons. The summed E-state index contributed by atoms with van der Waals surface area (Å²) in [5.74, 6) is 1.05. The average Bonchev–Trinajstić information content (AvgIpc) is 3.57. The molecule has 7 N–H and O–H groups in total. The molecule has 1 aromatic rings. The normalized spacial score (nSPS) is 20.8. The smallest absolute Gasteiger partial charge is 0.0466 e. The molecule has 0 amide bonds. The maximum Gasteiger partial charge on any atom is 0.0466 e. The van der Waals surface area contributed by atoms with Crippen LogP contribution in [0.15, 0.2) is 30.3 Å². The monoisotopic (exact) mass is 592 g/mol. The fraction of sp³-hybridized carbons (Fsp3) is 0.833. The van der Waals surface area contributed by atoms with Crippen LogP contribution in [0.1, 0.15) is 128 Å².